The van der Waals surface area contributed by atoms with Crippen LogP contribution in [0.15, 0.2) is 54.6 Å². The molecule has 0 aromatic heterocycles. The van der Waals surface area contributed by atoms with E-state index in [0.29, 0.717) is 13.2 Å². The topological polar surface area (TPSA) is 61.3 Å². The summed E-state index contributed by atoms with van der Waals surface area (Å²) in [5.41, 5.74) is 13.6. The van der Waals surface area contributed by atoms with Crippen LogP contribution in [-0.2, 0) is 6.61 Å². The van der Waals surface area contributed by atoms with E-state index in [2.05, 4.69) is 0 Å². The van der Waals surface area contributed by atoms with Crippen molar-refractivity contribution in [1.29, 1.82) is 0 Å². The zero-order valence-corrected chi connectivity index (χ0v) is 11.5. The van der Waals surface area contributed by atoms with Gasteiger partial charge >= 0.3 is 0 Å². The molecule has 1 unspecified atom stereocenters. The van der Waals surface area contributed by atoms with Crippen molar-refractivity contribution in [3.8, 4) is 5.75 Å². The first-order valence-corrected chi connectivity index (χ1v) is 6.02. The second-order valence-corrected chi connectivity index (χ2v) is 4.19. The summed E-state index contributed by atoms with van der Waals surface area (Å²) >= 11 is 0. The number of ether oxygens (including phenoxy) is 1. The van der Waals surface area contributed by atoms with Gasteiger partial charge in [-0.1, -0.05) is 42.5 Å². The van der Waals surface area contributed by atoms with Crippen molar-refractivity contribution >= 4 is 12.4 Å². The first kappa shape index (κ1) is 15.5. The van der Waals surface area contributed by atoms with Crippen molar-refractivity contribution in [2.75, 3.05) is 6.54 Å². The molecule has 0 aliphatic rings. The van der Waals surface area contributed by atoms with Gasteiger partial charge in [-0.3, -0.25) is 0 Å². The Kier molecular flexibility index (Phi) is 6.36. The van der Waals surface area contributed by atoms with Gasteiger partial charge in [0.05, 0.1) is 0 Å². The molecule has 0 aliphatic heterocycles. The summed E-state index contributed by atoms with van der Waals surface area (Å²) in [6.07, 6.45) is 0. The Morgan fingerprint density at radius 2 is 1.74 bits per heavy atom. The number of nitrogens with two attached hydrogens (primary N) is 2. The largest absolute Gasteiger partial charge is 0.489 e. The molecule has 0 saturated carbocycles. The summed E-state index contributed by atoms with van der Waals surface area (Å²) in [6.45, 7) is 0.990. The molecule has 0 radical (unpaired) electrons. The number of hydrogen-bond acceptors (Lipinski definition) is 3. The van der Waals surface area contributed by atoms with E-state index in [9.17, 15) is 0 Å². The Morgan fingerprint density at radius 3 is 2.42 bits per heavy atom. The monoisotopic (exact) mass is 278 g/mol. The van der Waals surface area contributed by atoms with Crippen LogP contribution in [0.5, 0.6) is 5.75 Å². The Hall–Kier alpha value is -1.55. The Balaban J connectivity index is 0.00000180. The standard InChI is InChI=1S/C15H18N2O.ClH/c16-10-15(17)13-7-4-8-14(9-13)18-11-12-5-2-1-3-6-12;/h1-9,15H,10-11,16-17H2;1H. The van der Waals surface area contributed by atoms with Gasteiger partial charge < -0.3 is 16.2 Å². The van der Waals surface area contributed by atoms with Crippen molar-refractivity contribution in [2.45, 2.75) is 12.6 Å². The second kappa shape index (κ2) is 7.79. The molecule has 102 valence electrons. The first-order chi connectivity index (χ1) is 8.79. The van der Waals surface area contributed by atoms with E-state index in [1.54, 1.807) is 0 Å². The number of benzene rings is 2. The molecule has 1 atom stereocenters. The Labute approximate surface area is 120 Å². The van der Waals surface area contributed by atoms with E-state index in [-0.39, 0.29) is 18.4 Å². The minimum atomic E-state index is -0.134. The maximum absolute atomic E-state index is 5.89. The maximum atomic E-state index is 5.89. The summed E-state index contributed by atoms with van der Waals surface area (Å²) in [4.78, 5) is 0. The average molecular weight is 279 g/mol. The van der Waals surface area contributed by atoms with E-state index in [4.69, 9.17) is 16.2 Å². The Morgan fingerprint density at radius 1 is 1.00 bits per heavy atom. The van der Waals surface area contributed by atoms with Gasteiger partial charge in [0.2, 0.25) is 0 Å². The highest BCUT2D eigenvalue weighted by Crippen LogP contribution is 2.18. The van der Waals surface area contributed by atoms with E-state index >= 15 is 0 Å². The molecule has 2 rings (SSSR count). The third kappa shape index (κ3) is 4.56. The molecule has 2 aromatic carbocycles. The lowest BCUT2D eigenvalue weighted by Crippen LogP contribution is -2.20. The highest BCUT2D eigenvalue weighted by Gasteiger charge is 2.04. The molecule has 0 saturated heterocycles. The van der Waals surface area contributed by atoms with Crippen molar-refractivity contribution in [3.63, 3.8) is 0 Å². The number of hydrogen-bond donors (Lipinski definition) is 2. The third-order valence-corrected chi connectivity index (χ3v) is 2.79. The van der Waals surface area contributed by atoms with Gasteiger partial charge in [-0.05, 0) is 23.3 Å². The quantitative estimate of drug-likeness (QED) is 0.884. The number of rotatable bonds is 5. The molecule has 0 spiro atoms. The lowest BCUT2D eigenvalue weighted by atomic mass is 10.1. The molecular formula is C15H19ClN2O. The molecule has 0 heterocycles. The third-order valence-electron chi connectivity index (χ3n) is 2.79. The zero-order valence-electron chi connectivity index (χ0n) is 10.7. The molecule has 0 amide bonds. The van der Waals surface area contributed by atoms with Crippen molar-refractivity contribution in [3.05, 3.63) is 65.7 Å². The minimum absolute atomic E-state index is 0. The molecule has 4 heteroatoms. The van der Waals surface area contributed by atoms with Crippen LogP contribution in [0.25, 0.3) is 0 Å². The molecule has 4 N–H and O–H groups in total. The van der Waals surface area contributed by atoms with Crippen LogP contribution in [0, 0.1) is 0 Å². The molecular weight excluding hydrogens is 260 g/mol. The van der Waals surface area contributed by atoms with Crippen LogP contribution in [0.1, 0.15) is 17.2 Å². The van der Waals surface area contributed by atoms with Crippen molar-refractivity contribution < 1.29 is 4.74 Å². The fourth-order valence-corrected chi connectivity index (χ4v) is 1.71. The van der Waals surface area contributed by atoms with Gasteiger partial charge in [-0.15, -0.1) is 12.4 Å². The molecule has 2 aromatic rings. The van der Waals surface area contributed by atoms with Crippen LogP contribution >= 0.6 is 12.4 Å². The average Bonchev–Trinajstić information content (AvgIpc) is 2.45. The van der Waals surface area contributed by atoms with Crippen LogP contribution in [0.3, 0.4) is 0 Å². The van der Waals surface area contributed by atoms with Gasteiger partial charge in [-0.25, -0.2) is 0 Å². The summed E-state index contributed by atoms with van der Waals surface area (Å²) in [5, 5.41) is 0. The zero-order chi connectivity index (χ0) is 12.8. The molecule has 0 fully saturated rings. The van der Waals surface area contributed by atoms with E-state index < -0.39 is 0 Å². The van der Waals surface area contributed by atoms with Gasteiger partial charge in [0.1, 0.15) is 12.4 Å². The summed E-state index contributed by atoms with van der Waals surface area (Å²) < 4.78 is 5.73. The van der Waals surface area contributed by atoms with Gasteiger partial charge in [0, 0.05) is 12.6 Å². The van der Waals surface area contributed by atoms with Crippen LogP contribution in [0.2, 0.25) is 0 Å². The molecule has 3 nitrogen and oxygen atoms in total. The van der Waals surface area contributed by atoms with E-state index in [0.717, 1.165) is 16.9 Å². The molecule has 0 bridgehead atoms. The van der Waals surface area contributed by atoms with Gasteiger partial charge in [0.25, 0.3) is 0 Å². The van der Waals surface area contributed by atoms with Crippen molar-refractivity contribution in [2.24, 2.45) is 11.5 Å². The number of halogens is 1. The van der Waals surface area contributed by atoms with Crippen molar-refractivity contribution in [1.82, 2.24) is 0 Å². The van der Waals surface area contributed by atoms with Crippen LogP contribution in [-0.4, -0.2) is 6.54 Å². The van der Waals surface area contributed by atoms with Crippen LogP contribution < -0.4 is 16.2 Å². The van der Waals surface area contributed by atoms with E-state index in [1.165, 1.54) is 0 Å². The van der Waals surface area contributed by atoms with E-state index in [1.807, 2.05) is 54.6 Å². The Bertz CT molecular complexity index is 491. The lowest BCUT2D eigenvalue weighted by Gasteiger charge is -2.11. The fourth-order valence-electron chi connectivity index (χ4n) is 1.71. The van der Waals surface area contributed by atoms with Gasteiger partial charge in [0.15, 0.2) is 0 Å². The van der Waals surface area contributed by atoms with Crippen LogP contribution in [0.4, 0.5) is 0 Å². The summed E-state index contributed by atoms with van der Waals surface area (Å²) in [5.74, 6) is 0.820. The normalized spacial score (nSPS) is 11.5. The fraction of sp³-hybridized carbons (Fsp3) is 0.200. The molecule has 19 heavy (non-hydrogen) atoms. The first-order valence-electron chi connectivity index (χ1n) is 6.02. The summed E-state index contributed by atoms with van der Waals surface area (Å²) in [6, 6.07) is 17.7. The highest BCUT2D eigenvalue weighted by molar-refractivity contribution is 5.85. The maximum Gasteiger partial charge on any atom is 0.120 e. The minimum Gasteiger partial charge on any atom is -0.489 e. The SMILES string of the molecule is Cl.NCC(N)c1cccc(OCc2ccccc2)c1. The summed E-state index contributed by atoms with van der Waals surface area (Å²) in [7, 11) is 0. The second-order valence-electron chi connectivity index (χ2n) is 4.19. The smallest absolute Gasteiger partial charge is 0.120 e. The molecule has 0 aliphatic carbocycles. The predicted molar refractivity (Wildman–Crippen MR) is 80.4 cm³/mol. The highest BCUT2D eigenvalue weighted by atomic mass is 35.5. The lowest BCUT2D eigenvalue weighted by molar-refractivity contribution is 0.305. The predicted octanol–water partition coefficient (Wildman–Crippen LogP) is 2.65. The van der Waals surface area contributed by atoms with Gasteiger partial charge in [-0.2, -0.15) is 0 Å².